The van der Waals surface area contributed by atoms with Crippen LogP contribution in [0.15, 0.2) is 24.3 Å². The highest BCUT2D eigenvalue weighted by atomic mass is 16.5. The summed E-state index contributed by atoms with van der Waals surface area (Å²) in [5, 5.41) is 9.37. The van der Waals surface area contributed by atoms with Crippen LogP contribution in [0.3, 0.4) is 0 Å². The van der Waals surface area contributed by atoms with E-state index < -0.39 is 5.91 Å². The van der Waals surface area contributed by atoms with E-state index in [-0.39, 0.29) is 11.9 Å². The SMILES string of the molecule is CCCC(C(=O)OCC)c1ccc(NC(=O)C=N)cc1. The molecule has 0 aliphatic carbocycles. The molecule has 1 amide bonds. The molecule has 5 heteroatoms. The van der Waals surface area contributed by atoms with Gasteiger partial charge in [-0.2, -0.15) is 0 Å². The molecule has 1 rings (SSSR count). The lowest BCUT2D eigenvalue weighted by Gasteiger charge is -2.15. The Morgan fingerprint density at radius 2 is 1.95 bits per heavy atom. The fourth-order valence-corrected chi connectivity index (χ4v) is 1.93. The summed E-state index contributed by atoms with van der Waals surface area (Å²) in [5.41, 5.74) is 1.47. The predicted octanol–water partition coefficient (Wildman–Crippen LogP) is 2.72. The van der Waals surface area contributed by atoms with E-state index in [0.29, 0.717) is 18.5 Å². The average Bonchev–Trinajstić information content (AvgIpc) is 2.46. The van der Waals surface area contributed by atoms with Crippen LogP contribution in [0.5, 0.6) is 0 Å². The lowest BCUT2D eigenvalue weighted by Crippen LogP contribution is -2.16. The molecule has 0 aliphatic rings. The molecule has 2 N–H and O–H groups in total. The van der Waals surface area contributed by atoms with Crippen LogP contribution in [0.1, 0.15) is 38.2 Å². The van der Waals surface area contributed by atoms with Gasteiger partial charge in [0.25, 0.3) is 5.91 Å². The second-order valence-corrected chi connectivity index (χ2v) is 4.35. The van der Waals surface area contributed by atoms with Crippen LogP contribution in [0, 0.1) is 5.41 Å². The molecular weight excluding hydrogens is 256 g/mol. The summed E-state index contributed by atoms with van der Waals surface area (Å²) in [4.78, 5) is 23.0. The molecule has 108 valence electrons. The maximum Gasteiger partial charge on any atom is 0.313 e. The van der Waals surface area contributed by atoms with Crippen molar-refractivity contribution in [2.45, 2.75) is 32.6 Å². The summed E-state index contributed by atoms with van der Waals surface area (Å²) >= 11 is 0. The summed E-state index contributed by atoms with van der Waals surface area (Å²) in [5.74, 6) is -0.966. The van der Waals surface area contributed by atoms with E-state index in [4.69, 9.17) is 10.1 Å². The van der Waals surface area contributed by atoms with Gasteiger partial charge in [-0.3, -0.25) is 9.59 Å². The van der Waals surface area contributed by atoms with E-state index >= 15 is 0 Å². The van der Waals surface area contributed by atoms with E-state index in [1.807, 2.05) is 6.92 Å². The first-order valence-electron chi connectivity index (χ1n) is 6.70. The monoisotopic (exact) mass is 276 g/mol. The Morgan fingerprint density at radius 1 is 1.30 bits per heavy atom. The van der Waals surface area contributed by atoms with Crippen molar-refractivity contribution >= 4 is 23.8 Å². The molecule has 0 bridgehead atoms. The van der Waals surface area contributed by atoms with Crippen molar-refractivity contribution in [2.24, 2.45) is 0 Å². The fraction of sp³-hybridized carbons (Fsp3) is 0.400. The number of nitrogens with one attached hydrogen (secondary N) is 2. The maximum atomic E-state index is 11.9. The van der Waals surface area contributed by atoms with Gasteiger partial charge in [0.2, 0.25) is 0 Å². The van der Waals surface area contributed by atoms with Gasteiger partial charge >= 0.3 is 5.97 Å². The van der Waals surface area contributed by atoms with Crippen LogP contribution < -0.4 is 5.32 Å². The van der Waals surface area contributed by atoms with Crippen molar-refractivity contribution in [3.8, 4) is 0 Å². The minimum Gasteiger partial charge on any atom is -0.466 e. The van der Waals surface area contributed by atoms with E-state index in [1.54, 1.807) is 31.2 Å². The molecule has 0 fully saturated rings. The van der Waals surface area contributed by atoms with Gasteiger partial charge in [-0.1, -0.05) is 25.5 Å². The van der Waals surface area contributed by atoms with Crippen LogP contribution in [0.4, 0.5) is 5.69 Å². The molecule has 0 aliphatic heterocycles. The number of esters is 1. The number of carbonyl (C=O) groups excluding carboxylic acids is 2. The molecule has 0 heterocycles. The molecule has 0 spiro atoms. The van der Waals surface area contributed by atoms with Gasteiger partial charge in [-0.05, 0) is 31.0 Å². The molecule has 0 saturated carbocycles. The third kappa shape index (κ3) is 4.50. The molecule has 0 aromatic heterocycles. The van der Waals surface area contributed by atoms with Crippen molar-refractivity contribution in [1.82, 2.24) is 0 Å². The van der Waals surface area contributed by atoms with Crippen LogP contribution >= 0.6 is 0 Å². The number of hydrogen-bond donors (Lipinski definition) is 2. The van der Waals surface area contributed by atoms with Gasteiger partial charge in [0, 0.05) is 5.69 Å². The largest absolute Gasteiger partial charge is 0.466 e. The van der Waals surface area contributed by atoms with Crippen LogP contribution in [0.2, 0.25) is 0 Å². The summed E-state index contributed by atoms with van der Waals surface area (Å²) in [6.07, 6.45) is 2.33. The summed E-state index contributed by atoms with van der Waals surface area (Å²) in [6, 6.07) is 7.05. The molecule has 1 atom stereocenters. The minimum absolute atomic E-state index is 0.217. The smallest absolute Gasteiger partial charge is 0.313 e. The van der Waals surface area contributed by atoms with Gasteiger partial charge < -0.3 is 15.5 Å². The number of rotatable bonds is 7. The molecule has 20 heavy (non-hydrogen) atoms. The van der Waals surface area contributed by atoms with Gasteiger partial charge in [-0.15, -0.1) is 0 Å². The number of carbonyl (C=O) groups is 2. The first-order valence-corrected chi connectivity index (χ1v) is 6.70. The summed E-state index contributed by atoms with van der Waals surface area (Å²) < 4.78 is 5.08. The van der Waals surface area contributed by atoms with Gasteiger partial charge in [0.05, 0.1) is 18.7 Å². The lowest BCUT2D eigenvalue weighted by molar-refractivity contribution is -0.145. The highest BCUT2D eigenvalue weighted by Gasteiger charge is 2.20. The zero-order valence-corrected chi connectivity index (χ0v) is 11.8. The van der Waals surface area contributed by atoms with Crippen molar-refractivity contribution in [2.75, 3.05) is 11.9 Å². The van der Waals surface area contributed by atoms with Crippen molar-refractivity contribution in [3.05, 3.63) is 29.8 Å². The maximum absolute atomic E-state index is 11.9. The van der Waals surface area contributed by atoms with E-state index in [0.717, 1.165) is 18.4 Å². The Bertz CT molecular complexity index is 469. The Hall–Kier alpha value is -2.17. The standard InChI is InChI=1S/C15H20N2O3/c1-3-5-13(15(19)20-4-2)11-6-8-12(9-7-11)17-14(18)10-16/h6-10,13,16H,3-5H2,1-2H3,(H,17,18). The third-order valence-corrected chi connectivity index (χ3v) is 2.86. The quantitative estimate of drug-likeness (QED) is 0.593. The zero-order chi connectivity index (χ0) is 15.0. The van der Waals surface area contributed by atoms with Gasteiger partial charge in [-0.25, -0.2) is 0 Å². The first kappa shape index (κ1) is 15.9. The van der Waals surface area contributed by atoms with Gasteiger partial charge in [0.1, 0.15) is 0 Å². The molecule has 1 aromatic rings. The molecule has 1 aromatic carbocycles. The van der Waals surface area contributed by atoms with Crippen molar-refractivity contribution in [1.29, 1.82) is 5.41 Å². The Kier molecular flexibility index (Phi) is 6.43. The third-order valence-electron chi connectivity index (χ3n) is 2.86. The highest BCUT2D eigenvalue weighted by Crippen LogP contribution is 2.24. The number of anilines is 1. The Balaban J connectivity index is 2.84. The minimum atomic E-state index is -0.478. The Labute approximate surface area is 118 Å². The fourth-order valence-electron chi connectivity index (χ4n) is 1.93. The normalized spacial score (nSPS) is 11.5. The lowest BCUT2D eigenvalue weighted by atomic mass is 9.94. The van der Waals surface area contributed by atoms with E-state index in [9.17, 15) is 9.59 Å². The van der Waals surface area contributed by atoms with Crippen molar-refractivity contribution in [3.63, 3.8) is 0 Å². The molecule has 0 saturated heterocycles. The van der Waals surface area contributed by atoms with Gasteiger partial charge in [0.15, 0.2) is 0 Å². The second kappa shape index (κ2) is 8.09. The number of hydrogen-bond acceptors (Lipinski definition) is 4. The topological polar surface area (TPSA) is 79.2 Å². The van der Waals surface area contributed by atoms with E-state index in [2.05, 4.69) is 5.32 Å². The predicted molar refractivity (Wildman–Crippen MR) is 78.1 cm³/mol. The van der Waals surface area contributed by atoms with Crippen LogP contribution in [0.25, 0.3) is 0 Å². The van der Waals surface area contributed by atoms with Crippen LogP contribution in [-0.4, -0.2) is 24.7 Å². The second-order valence-electron chi connectivity index (χ2n) is 4.35. The average molecular weight is 276 g/mol. The number of ether oxygens (including phenoxy) is 1. The highest BCUT2D eigenvalue weighted by molar-refractivity contribution is 6.30. The van der Waals surface area contributed by atoms with E-state index in [1.165, 1.54) is 0 Å². The Morgan fingerprint density at radius 3 is 2.45 bits per heavy atom. The number of amides is 1. The van der Waals surface area contributed by atoms with Crippen LogP contribution in [-0.2, 0) is 14.3 Å². The molecular formula is C15H20N2O3. The first-order chi connectivity index (χ1) is 9.62. The molecule has 5 nitrogen and oxygen atoms in total. The summed E-state index contributed by atoms with van der Waals surface area (Å²) in [6.45, 7) is 4.17. The van der Waals surface area contributed by atoms with Crippen molar-refractivity contribution < 1.29 is 14.3 Å². The number of benzene rings is 1. The zero-order valence-electron chi connectivity index (χ0n) is 11.8. The molecule has 1 unspecified atom stereocenters. The summed E-state index contributed by atoms with van der Waals surface area (Å²) in [7, 11) is 0. The molecule has 0 radical (unpaired) electrons.